The number of rotatable bonds is 14. The Labute approximate surface area is 269 Å². The first-order chi connectivity index (χ1) is 21.0. The summed E-state index contributed by atoms with van der Waals surface area (Å²) in [6.07, 6.45) is 1.90. The Balaban J connectivity index is 2.56. The van der Waals surface area contributed by atoms with Gasteiger partial charge in [-0.05, 0) is 65.0 Å². The van der Waals surface area contributed by atoms with Crippen molar-refractivity contribution >= 4 is 23.9 Å². The van der Waals surface area contributed by atoms with Crippen LogP contribution in [0.3, 0.4) is 0 Å². The van der Waals surface area contributed by atoms with Gasteiger partial charge in [0.05, 0.1) is 0 Å². The number of amides is 3. The number of esters is 1. The molecule has 0 aliphatic carbocycles. The number of benzene rings is 2. The predicted molar refractivity (Wildman–Crippen MR) is 176 cm³/mol. The molecule has 0 aliphatic heterocycles. The Morgan fingerprint density at radius 3 is 1.84 bits per heavy atom. The number of hydrogen-bond donors (Lipinski definition) is 2. The third-order valence-electron chi connectivity index (χ3n) is 6.86. The van der Waals surface area contributed by atoms with Crippen LogP contribution in [0.25, 0.3) is 0 Å². The lowest BCUT2D eigenvalue weighted by Crippen LogP contribution is -2.56. The van der Waals surface area contributed by atoms with Crippen molar-refractivity contribution in [1.82, 2.24) is 15.5 Å². The van der Waals surface area contributed by atoms with E-state index >= 15 is 0 Å². The lowest BCUT2D eigenvalue weighted by molar-refractivity contribution is -0.159. The lowest BCUT2D eigenvalue weighted by atomic mass is 9.97. The zero-order valence-corrected chi connectivity index (χ0v) is 28.5. The Hall–Kier alpha value is -3.88. The van der Waals surface area contributed by atoms with Gasteiger partial charge in [0.15, 0.2) is 0 Å². The van der Waals surface area contributed by atoms with Crippen LogP contribution >= 0.6 is 0 Å². The number of alkyl carbamates (subject to hydrolysis) is 1. The number of nitrogens with zero attached hydrogens (tertiary/aromatic N) is 1. The van der Waals surface area contributed by atoms with Crippen LogP contribution in [-0.2, 0) is 30.3 Å². The summed E-state index contributed by atoms with van der Waals surface area (Å²) in [5, 5.41) is 5.68. The summed E-state index contributed by atoms with van der Waals surface area (Å²) < 4.78 is 11.2. The van der Waals surface area contributed by atoms with Crippen molar-refractivity contribution in [3.05, 3.63) is 71.8 Å². The van der Waals surface area contributed by atoms with Crippen LogP contribution < -0.4 is 10.6 Å². The van der Waals surface area contributed by atoms with E-state index in [9.17, 15) is 19.2 Å². The molecule has 9 nitrogen and oxygen atoms in total. The van der Waals surface area contributed by atoms with E-state index in [0.29, 0.717) is 12.0 Å². The molecule has 9 heteroatoms. The summed E-state index contributed by atoms with van der Waals surface area (Å²) in [6.45, 7) is 16.6. The van der Waals surface area contributed by atoms with E-state index in [4.69, 9.17) is 9.47 Å². The fourth-order valence-electron chi connectivity index (χ4n) is 4.80. The van der Waals surface area contributed by atoms with Gasteiger partial charge < -0.3 is 25.0 Å². The molecule has 0 bridgehead atoms. The van der Waals surface area contributed by atoms with Crippen LogP contribution in [0.15, 0.2) is 60.7 Å². The second-order valence-corrected chi connectivity index (χ2v) is 13.7. The van der Waals surface area contributed by atoms with E-state index in [1.54, 1.807) is 65.8 Å². The molecule has 2 aromatic carbocycles. The summed E-state index contributed by atoms with van der Waals surface area (Å²) in [4.78, 5) is 56.5. The molecular weight excluding hydrogens is 570 g/mol. The van der Waals surface area contributed by atoms with Crippen LogP contribution in [0, 0.1) is 5.92 Å². The second-order valence-electron chi connectivity index (χ2n) is 13.7. The highest BCUT2D eigenvalue weighted by molar-refractivity contribution is 5.94. The molecule has 248 valence electrons. The van der Waals surface area contributed by atoms with E-state index in [1.807, 2.05) is 50.2 Å². The van der Waals surface area contributed by atoms with Gasteiger partial charge in [-0.2, -0.15) is 0 Å². The largest absolute Gasteiger partial charge is 0.458 e. The molecule has 2 N–H and O–H groups in total. The number of unbranched alkanes of at least 4 members (excludes halogenated alkanes) is 2. The molecule has 3 unspecified atom stereocenters. The van der Waals surface area contributed by atoms with E-state index in [1.165, 1.54) is 4.90 Å². The van der Waals surface area contributed by atoms with Crippen LogP contribution in [0.4, 0.5) is 4.79 Å². The third-order valence-corrected chi connectivity index (χ3v) is 6.86. The minimum absolute atomic E-state index is 0.210. The van der Waals surface area contributed by atoms with E-state index in [0.717, 1.165) is 18.4 Å². The molecule has 0 saturated heterocycles. The summed E-state index contributed by atoms with van der Waals surface area (Å²) >= 11 is 0. The van der Waals surface area contributed by atoms with Gasteiger partial charge in [-0.3, -0.25) is 9.59 Å². The number of carbonyl (C=O) groups excluding carboxylic acids is 4. The molecule has 0 spiro atoms. The maximum atomic E-state index is 14.4. The van der Waals surface area contributed by atoms with Gasteiger partial charge in [0.2, 0.25) is 11.8 Å². The molecule has 3 amide bonds. The Morgan fingerprint density at radius 2 is 1.33 bits per heavy atom. The fourth-order valence-corrected chi connectivity index (χ4v) is 4.80. The highest BCUT2D eigenvalue weighted by Gasteiger charge is 2.39. The third kappa shape index (κ3) is 12.9. The zero-order valence-electron chi connectivity index (χ0n) is 28.5. The van der Waals surface area contributed by atoms with Crippen LogP contribution in [0.1, 0.15) is 98.7 Å². The standard InChI is InChI=1S/C36H53N3O6/c1-10-11-18-23-39(32(41)29(25(2)3)38-34(43)45-36(7,8)9)30(27-21-16-13-17-22-27)31(40)37-28(33(42)44-35(4,5)6)24-26-19-14-12-15-20-26/h12-17,19-22,25,28-30H,10-11,18,23-24H2,1-9H3,(H,37,40)(H,38,43). The first-order valence-corrected chi connectivity index (χ1v) is 15.9. The smallest absolute Gasteiger partial charge is 0.408 e. The molecule has 0 aliphatic rings. The molecule has 3 atom stereocenters. The van der Waals surface area contributed by atoms with Crippen LogP contribution in [-0.4, -0.2) is 58.6 Å². The quantitative estimate of drug-likeness (QED) is 0.187. The molecule has 0 saturated carbocycles. The maximum Gasteiger partial charge on any atom is 0.408 e. The Morgan fingerprint density at radius 1 is 0.778 bits per heavy atom. The predicted octanol–water partition coefficient (Wildman–Crippen LogP) is 6.37. The summed E-state index contributed by atoms with van der Waals surface area (Å²) in [6, 6.07) is 15.4. The van der Waals surface area contributed by atoms with Gasteiger partial charge >= 0.3 is 12.1 Å². The molecule has 45 heavy (non-hydrogen) atoms. The van der Waals surface area contributed by atoms with Gasteiger partial charge in [0.1, 0.15) is 29.3 Å². The minimum atomic E-state index is -1.07. The molecular formula is C36H53N3O6. The first-order valence-electron chi connectivity index (χ1n) is 15.9. The molecule has 0 fully saturated rings. The van der Waals surface area contributed by atoms with Crippen molar-refractivity contribution in [3.8, 4) is 0 Å². The fraction of sp³-hybridized carbons (Fsp3) is 0.556. The molecule has 0 heterocycles. The summed E-state index contributed by atoms with van der Waals surface area (Å²) in [5.74, 6) is -1.79. The molecule has 2 aromatic rings. The molecule has 0 radical (unpaired) electrons. The first kappa shape index (κ1) is 37.3. The van der Waals surface area contributed by atoms with Crippen molar-refractivity contribution in [2.75, 3.05) is 6.54 Å². The van der Waals surface area contributed by atoms with Gasteiger partial charge in [-0.1, -0.05) is 94.3 Å². The highest BCUT2D eigenvalue weighted by Crippen LogP contribution is 2.25. The zero-order chi connectivity index (χ0) is 33.8. The van der Waals surface area contributed by atoms with Crippen molar-refractivity contribution in [2.45, 2.75) is 117 Å². The van der Waals surface area contributed by atoms with E-state index in [-0.39, 0.29) is 18.9 Å². The van der Waals surface area contributed by atoms with Crippen molar-refractivity contribution < 1.29 is 28.7 Å². The van der Waals surface area contributed by atoms with Crippen molar-refractivity contribution in [1.29, 1.82) is 0 Å². The number of carbonyl (C=O) groups is 4. The van der Waals surface area contributed by atoms with Gasteiger partial charge in [0.25, 0.3) is 0 Å². The van der Waals surface area contributed by atoms with Crippen molar-refractivity contribution in [3.63, 3.8) is 0 Å². The maximum absolute atomic E-state index is 14.4. The van der Waals surface area contributed by atoms with Crippen LogP contribution in [0.2, 0.25) is 0 Å². The number of hydrogen-bond acceptors (Lipinski definition) is 6. The van der Waals surface area contributed by atoms with E-state index in [2.05, 4.69) is 17.6 Å². The van der Waals surface area contributed by atoms with Gasteiger partial charge in [0, 0.05) is 13.0 Å². The average molecular weight is 624 g/mol. The molecule has 2 rings (SSSR count). The normalized spacial score (nSPS) is 13.7. The summed E-state index contributed by atoms with van der Waals surface area (Å²) in [7, 11) is 0. The Bertz CT molecular complexity index is 1230. The Kier molecular flexibility index (Phi) is 14.1. The highest BCUT2D eigenvalue weighted by atomic mass is 16.6. The number of nitrogens with one attached hydrogen (secondary N) is 2. The minimum Gasteiger partial charge on any atom is -0.458 e. The second kappa shape index (κ2) is 17.0. The monoisotopic (exact) mass is 623 g/mol. The van der Waals surface area contributed by atoms with Gasteiger partial charge in [-0.15, -0.1) is 0 Å². The van der Waals surface area contributed by atoms with Crippen LogP contribution in [0.5, 0.6) is 0 Å². The SMILES string of the molecule is CCCCCN(C(=O)C(NC(=O)OC(C)(C)C)C(C)C)C(C(=O)NC(Cc1ccccc1)C(=O)OC(C)(C)C)c1ccccc1. The number of ether oxygens (including phenoxy) is 2. The lowest BCUT2D eigenvalue weighted by Gasteiger charge is -2.36. The van der Waals surface area contributed by atoms with Crippen molar-refractivity contribution in [2.24, 2.45) is 5.92 Å². The van der Waals surface area contributed by atoms with Gasteiger partial charge in [-0.25, -0.2) is 9.59 Å². The topological polar surface area (TPSA) is 114 Å². The summed E-state index contributed by atoms with van der Waals surface area (Å²) in [5.41, 5.74) is -0.0862. The van der Waals surface area contributed by atoms with E-state index < -0.39 is 53.2 Å². The average Bonchev–Trinajstić information content (AvgIpc) is 2.94. The molecule has 0 aromatic heterocycles.